The molecule has 3 aromatic rings. The third-order valence-electron chi connectivity index (χ3n) is 3.68. The molecular formula is C18H17FN4O3. The van der Waals surface area contributed by atoms with E-state index in [0.717, 1.165) is 0 Å². The van der Waals surface area contributed by atoms with Crippen molar-refractivity contribution in [3.8, 4) is 11.5 Å². The highest BCUT2D eigenvalue weighted by Crippen LogP contribution is 2.34. The van der Waals surface area contributed by atoms with Crippen molar-refractivity contribution in [1.29, 1.82) is 0 Å². The van der Waals surface area contributed by atoms with Crippen LogP contribution in [0.5, 0.6) is 11.5 Å². The van der Waals surface area contributed by atoms with Crippen molar-refractivity contribution in [3.63, 3.8) is 0 Å². The lowest BCUT2D eigenvalue weighted by molar-refractivity contribution is -0.114. The van der Waals surface area contributed by atoms with E-state index < -0.39 is 5.82 Å². The minimum Gasteiger partial charge on any atom is -0.493 e. The van der Waals surface area contributed by atoms with Crippen LogP contribution < -0.4 is 20.1 Å². The number of carbonyl (C=O) groups is 1. The van der Waals surface area contributed by atoms with Crippen LogP contribution in [0.25, 0.3) is 10.9 Å². The van der Waals surface area contributed by atoms with Gasteiger partial charge in [0.25, 0.3) is 0 Å². The molecule has 3 rings (SSSR count). The number of benzene rings is 2. The second kappa shape index (κ2) is 7.22. The molecule has 0 unspecified atom stereocenters. The van der Waals surface area contributed by atoms with Gasteiger partial charge in [0.05, 0.1) is 25.4 Å². The van der Waals surface area contributed by atoms with Gasteiger partial charge in [0.15, 0.2) is 11.5 Å². The van der Waals surface area contributed by atoms with Crippen LogP contribution in [0.15, 0.2) is 36.7 Å². The number of carbonyl (C=O) groups excluding carboxylic acids is 1. The van der Waals surface area contributed by atoms with Crippen molar-refractivity contribution >= 4 is 34.0 Å². The van der Waals surface area contributed by atoms with Crippen LogP contribution in [-0.4, -0.2) is 30.1 Å². The first-order valence-electron chi connectivity index (χ1n) is 7.72. The number of ether oxygens (including phenoxy) is 2. The molecule has 0 spiro atoms. The fourth-order valence-corrected chi connectivity index (χ4v) is 2.51. The Morgan fingerprint density at radius 3 is 2.50 bits per heavy atom. The molecule has 0 aliphatic carbocycles. The summed E-state index contributed by atoms with van der Waals surface area (Å²) in [5.74, 6) is 0.724. The molecule has 0 aliphatic rings. The Balaban J connectivity index is 2.02. The Kier molecular flexibility index (Phi) is 4.83. The Morgan fingerprint density at radius 1 is 1.08 bits per heavy atom. The van der Waals surface area contributed by atoms with Crippen LogP contribution in [0.2, 0.25) is 0 Å². The number of nitrogens with one attached hydrogen (secondary N) is 2. The van der Waals surface area contributed by atoms with E-state index in [1.165, 1.54) is 25.4 Å². The van der Waals surface area contributed by atoms with Gasteiger partial charge in [-0.25, -0.2) is 14.4 Å². The van der Waals surface area contributed by atoms with Gasteiger partial charge in [-0.05, 0) is 24.3 Å². The van der Waals surface area contributed by atoms with E-state index in [1.807, 2.05) is 0 Å². The number of rotatable bonds is 5. The van der Waals surface area contributed by atoms with Gasteiger partial charge in [0.2, 0.25) is 5.91 Å². The van der Waals surface area contributed by atoms with Gasteiger partial charge in [-0.1, -0.05) is 0 Å². The van der Waals surface area contributed by atoms with E-state index >= 15 is 0 Å². The number of anilines is 3. The van der Waals surface area contributed by atoms with Gasteiger partial charge in [0, 0.05) is 24.1 Å². The highest BCUT2D eigenvalue weighted by atomic mass is 19.1. The standard InChI is InChI=1S/C18H17FN4O3/c1-10(24)22-15-6-11(4-5-13(15)19)23-18-12-7-16(25-2)17(26-3)8-14(12)20-9-21-18/h4-9H,1-3H3,(H,22,24)(H,20,21,23). The molecule has 8 heteroatoms. The van der Waals surface area contributed by atoms with Crippen molar-refractivity contribution < 1.29 is 18.7 Å². The zero-order valence-electron chi connectivity index (χ0n) is 14.5. The molecule has 26 heavy (non-hydrogen) atoms. The van der Waals surface area contributed by atoms with Crippen molar-refractivity contribution in [1.82, 2.24) is 9.97 Å². The monoisotopic (exact) mass is 356 g/mol. The van der Waals surface area contributed by atoms with Gasteiger partial charge in [-0.2, -0.15) is 0 Å². The third-order valence-corrected chi connectivity index (χ3v) is 3.68. The second-order valence-corrected chi connectivity index (χ2v) is 5.45. The second-order valence-electron chi connectivity index (χ2n) is 5.45. The predicted octanol–water partition coefficient (Wildman–Crippen LogP) is 3.49. The number of fused-ring (bicyclic) bond motifs is 1. The van der Waals surface area contributed by atoms with Crippen molar-refractivity contribution in [2.45, 2.75) is 6.92 Å². The van der Waals surface area contributed by atoms with Gasteiger partial charge in [-0.3, -0.25) is 4.79 Å². The summed E-state index contributed by atoms with van der Waals surface area (Å²) in [6, 6.07) is 7.81. The first kappa shape index (κ1) is 17.4. The van der Waals surface area contributed by atoms with Crippen LogP contribution in [-0.2, 0) is 4.79 Å². The zero-order chi connectivity index (χ0) is 18.7. The molecule has 2 N–H and O–H groups in total. The van der Waals surface area contributed by atoms with E-state index in [1.54, 1.807) is 32.4 Å². The Labute approximate surface area is 149 Å². The van der Waals surface area contributed by atoms with E-state index in [2.05, 4.69) is 20.6 Å². The number of amides is 1. The lowest BCUT2D eigenvalue weighted by Crippen LogP contribution is -2.08. The predicted molar refractivity (Wildman–Crippen MR) is 96.6 cm³/mol. The molecule has 0 bridgehead atoms. The van der Waals surface area contributed by atoms with Crippen LogP contribution in [0.1, 0.15) is 6.92 Å². The van der Waals surface area contributed by atoms with Crippen LogP contribution in [0, 0.1) is 5.82 Å². The van der Waals surface area contributed by atoms with E-state index in [0.29, 0.717) is 33.9 Å². The minimum absolute atomic E-state index is 0.0834. The topological polar surface area (TPSA) is 85.4 Å². The average Bonchev–Trinajstić information content (AvgIpc) is 2.63. The van der Waals surface area contributed by atoms with Crippen LogP contribution in [0.3, 0.4) is 0 Å². The number of methoxy groups -OCH3 is 2. The summed E-state index contributed by atoms with van der Waals surface area (Å²) in [5.41, 5.74) is 1.30. The summed E-state index contributed by atoms with van der Waals surface area (Å²) < 4.78 is 24.4. The molecule has 1 aromatic heterocycles. The first-order valence-corrected chi connectivity index (χ1v) is 7.72. The minimum atomic E-state index is -0.523. The molecule has 0 aliphatic heterocycles. The smallest absolute Gasteiger partial charge is 0.221 e. The summed E-state index contributed by atoms with van der Waals surface area (Å²) >= 11 is 0. The maximum absolute atomic E-state index is 13.8. The summed E-state index contributed by atoms with van der Waals surface area (Å²) in [4.78, 5) is 19.7. The van der Waals surface area contributed by atoms with E-state index in [4.69, 9.17) is 9.47 Å². The first-order chi connectivity index (χ1) is 12.5. The molecule has 0 radical (unpaired) electrons. The molecule has 1 amide bonds. The molecule has 0 atom stereocenters. The SMILES string of the molecule is COc1cc2ncnc(Nc3ccc(F)c(NC(C)=O)c3)c2cc1OC. The molecule has 1 heterocycles. The summed E-state index contributed by atoms with van der Waals surface area (Å²) in [5, 5.41) is 6.26. The fourth-order valence-electron chi connectivity index (χ4n) is 2.51. The fraction of sp³-hybridized carbons (Fsp3) is 0.167. The molecule has 0 fully saturated rings. The summed E-state index contributed by atoms with van der Waals surface area (Å²) in [6.07, 6.45) is 1.41. The number of nitrogens with zero attached hydrogens (tertiary/aromatic N) is 2. The molecule has 134 valence electrons. The molecule has 0 saturated carbocycles. The highest BCUT2D eigenvalue weighted by Gasteiger charge is 2.12. The lowest BCUT2D eigenvalue weighted by atomic mass is 10.2. The van der Waals surface area contributed by atoms with Crippen LogP contribution >= 0.6 is 0 Å². The molecule has 0 saturated heterocycles. The van der Waals surface area contributed by atoms with Crippen molar-refractivity contribution in [2.75, 3.05) is 24.9 Å². The summed E-state index contributed by atoms with van der Waals surface area (Å²) in [7, 11) is 3.09. The molecule has 2 aromatic carbocycles. The average molecular weight is 356 g/mol. The normalized spacial score (nSPS) is 10.5. The zero-order valence-corrected chi connectivity index (χ0v) is 14.5. The van der Waals surface area contributed by atoms with E-state index in [9.17, 15) is 9.18 Å². The quantitative estimate of drug-likeness (QED) is 0.728. The van der Waals surface area contributed by atoms with Gasteiger partial charge >= 0.3 is 0 Å². The number of hydrogen-bond donors (Lipinski definition) is 2. The Morgan fingerprint density at radius 2 is 1.81 bits per heavy atom. The lowest BCUT2D eigenvalue weighted by Gasteiger charge is -2.13. The number of aromatic nitrogens is 2. The molecular weight excluding hydrogens is 339 g/mol. The van der Waals surface area contributed by atoms with Crippen molar-refractivity contribution in [2.24, 2.45) is 0 Å². The van der Waals surface area contributed by atoms with Gasteiger partial charge in [-0.15, -0.1) is 0 Å². The summed E-state index contributed by atoms with van der Waals surface area (Å²) in [6.45, 7) is 1.32. The highest BCUT2D eigenvalue weighted by molar-refractivity contribution is 5.94. The number of hydrogen-bond acceptors (Lipinski definition) is 6. The molecule has 7 nitrogen and oxygen atoms in total. The van der Waals surface area contributed by atoms with Gasteiger partial charge in [0.1, 0.15) is 18.0 Å². The van der Waals surface area contributed by atoms with Crippen molar-refractivity contribution in [3.05, 3.63) is 42.5 Å². The third kappa shape index (κ3) is 3.49. The van der Waals surface area contributed by atoms with Crippen LogP contribution in [0.4, 0.5) is 21.6 Å². The largest absolute Gasteiger partial charge is 0.493 e. The van der Waals surface area contributed by atoms with E-state index in [-0.39, 0.29) is 11.6 Å². The maximum Gasteiger partial charge on any atom is 0.221 e. The van der Waals surface area contributed by atoms with Gasteiger partial charge < -0.3 is 20.1 Å². The Bertz CT molecular complexity index is 978. The Hall–Kier alpha value is -3.42. The number of halogens is 1. The maximum atomic E-state index is 13.8.